The first-order chi connectivity index (χ1) is 11.0. The van der Waals surface area contributed by atoms with Crippen molar-refractivity contribution >= 4 is 12.0 Å². The van der Waals surface area contributed by atoms with Crippen LogP contribution in [0.15, 0.2) is 0 Å². The SMILES string of the molecule is COCC(=O)N1CCC([C@H]2N(C(=O)OC(C)(C)C)CC2(C)C)CC1. The van der Waals surface area contributed by atoms with E-state index in [9.17, 15) is 9.59 Å². The van der Waals surface area contributed by atoms with Crippen molar-refractivity contribution in [3.63, 3.8) is 0 Å². The van der Waals surface area contributed by atoms with Crippen LogP contribution in [0.1, 0.15) is 47.5 Å². The molecular weight excluding hydrogens is 308 g/mol. The van der Waals surface area contributed by atoms with Crippen LogP contribution >= 0.6 is 0 Å². The van der Waals surface area contributed by atoms with Crippen molar-refractivity contribution in [3.05, 3.63) is 0 Å². The molecule has 2 fully saturated rings. The van der Waals surface area contributed by atoms with Crippen molar-refractivity contribution in [3.8, 4) is 0 Å². The van der Waals surface area contributed by atoms with Crippen LogP contribution in [0.3, 0.4) is 0 Å². The zero-order valence-corrected chi connectivity index (χ0v) is 15.9. The lowest BCUT2D eigenvalue weighted by atomic mass is 9.67. The third-order valence-electron chi connectivity index (χ3n) is 4.95. The van der Waals surface area contributed by atoms with Crippen LogP contribution in [0.4, 0.5) is 4.79 Å². The fourth-order valence-electron chi connectivity index (χ4n) is 4.01. The highest BCUT2D eigenvalue weighted by molar-refractivity contribution is 5.77. The Balaban J connectivity index is 1.96. The van der Waals surface area contributed by atoms with Gasteiger partial charge >= 0.3 is 6.09 Å². The van der Waals surface area contributed by atoms with Crippen LogP contribution in [-0.2, 0) is 14.3 Å². The summed E-state index contributed by atoms with van der Waals surface area (Å²) in [5.74, 6) is 0.459. The molecule has 0 spiro atoms. The molecule has 0 saturated carbocycles. The Kier molecular flexibility index (Phi) is 5.47. The molecule has 2 rings (SSSR count). The minimum absolute atomic E-state index is 0.0489. The van der Waals surface area contributed by atoms with Gasteiger partial charge in [-0.05, 0) is 39.5 Å². The molecule has 0 radical (unpaired) electrons. The van der Waals surface area contributed by atoms with Gasteiger partial charge in [-0.2, -0.15) is 0 Å². The number of carbonyl (C=O) groups is 2. The number of piperidine rings is 1. The molecule has 1 atom stereocenters. The highest BCUT2D eigenvalue weighted by atomic mass is 16.6. The molecule has 0 unspecified atom stereocenters. The maximum Gasteiger partial charge on any atom is 0.410 e. The number of hydrogen-bond donors (Lipinski definition) is 0. The van der Waals surface area contributed by atoms with Gasteiger partial charge < -0.3 is 19.3 Å². The molecule has 2 aliphatic heterocycles. The largest absolute Gasteiger partial charge is 0.444 e. The molecule has 0 aromatic rings. The summed E-state index contributed by atoms with van der Waals surface area (Å²) in [6.07, 6.45) is 1.62. The molecule has 2 heterocycles. The van der Waals surface area contributed by atoms with Crippen molar-refractivity contribution < 1.29 is 19.1 Å². The molecule has 0 aromatic heterocycles. The predicted molar refractivity (Wildman–Crippen MR) is 91.7 cm³/mol. The maximum absolute atomic E-state index is 12.5. The fourth-order valence-corrected chi connectivity index (χ4v) is 4.01. The van der Waals surface area contributed by atoms with Gasteiger partial charge in [0.1, 0.15) is 12.2 Å². The number of rotatable bonds is 3. The molecule has 2 aliphatic rings. The van der Waals surface area contributed by atoms with Crippen LogP contribution < -0.4 is 0 Å². The highest BCUT2D eigenvalue weighted by Gasteiger charge is 2.53. The second kappa shape index (κ2) is 6.90. The summed E-state index contributed by atoms with van der Waals surface area (Å²) in [6.45, 7) is 12.4. The summed E-state index contributed by atoms with van der Waals surface area (Å²) in [5, 5.41) is 0. The smallest absolute Gasteiger partial charge is 0.410 e. The molecule has 6 heteroatoms. The minimum atomic E-state index is -0.475. The van der Waals surface area contributed by atoms with Crippen LogP contribution in [0.25, 0.3) is 0 Å². The number of carbonyl (C=O) groups excluding carboxylic acids is 2. The van der Waals surface area contributed by atoms with E-state index in [0.717, 1.165) is 32.5 Å². The fraction of sp³-hybridized carbons (Fsp3) is 0.889. The molecular formula is C18H32N2O4. The first kappa shape index (κ1) is 19.0. The first-order valence-corrected chi connectivity index (χ1v) is 8.81. The Morgan fingerprint density at radius 1 is 1.17 bits per heavy atom. The lowest BCUT2D eigenvalue weighted by molar-refractivity contribution is -0.139. The van der Waals surface area contributed by atoms with E-state index in [2.05, 4.69) is 13.8 Å². The lowest BCUT2D eigenvalue weighted by Crippen LogP contribution is -2.68. The van der Waals surface area contributed by atoms with Gasteiger partial charge in [-0.25, -0.2) is 4.79 Å². The van der Waals surface area contributed by atoms with Crippen molar-refractivity contribution in [1.29, 1.82) is 0 Å². The first-order valence-electron chi connectivity index (χ1n) is 8.81. The Bertz CT molecular complexity index is 476. The van der Waals surface area contributed by atoms with E-state index in [0.29, 0.717) is 5.92 Å². The Morgan fingerprint density at radius 2 is 1.75 bits per heavy atom. The van der Waals surface area contributed by atoms with E-state index in [1.165, 1.54) is 0 Å². The molecule has 24 heavy (non-hydrogen) atoms. The van der Waals surface area contributed by atoms with Crippen LogP contribution in [0, 0.1) is 11.3 Å². The van der Waals surface area contributed by atoms with Crippen molar-refractivity contribution in [2.45, 2.75) is 59.1 Å². The minimum Gasteiger partial charge on any atom is -0.444 e. The van der Waals surface area contributed by atoms with Gasteiger partial charge in [0.25, 0.3) is 0 Å². The number of ether oxygens (including phenoxy) is 2. The van der Waals surface area contributed by atoms with Gasteiger partial charge in [-0.3, -0.25) is 4.79 Å². The number of methoxy groups -OCH3 is 1. The van der Waals surface area contributed by atoms with Gasteiger partial charge in [0.15, 0.2) is 0 Å². The van der Waals surface area contributed by atoms with Gasteiger partial charge in [-0.15, -0.1) is 0 Å². The monoisotopic (exact) mass is 340 g/mol. The normalized spacial score (nSPS) is 24.5. The third kappa shape index (κ3) is 4.21. The summed E-state index contributed by atoms with van der Waals surface area (Å²) in [6, 6.07) is 0.187. The van der Waals surface area contributed by atoms with Crippen molar-refractivity contribution in [1.82, 2.24) is 9.80 Å². The van der Waals surface area contributed by atoms with Crippen LogP contribution in [0.5, 0.6) is 0 Å². The molecule has 138 valence electrons. The topological polar surface area (TPSA) is 59.1 Å². The summed E-state index contributed by atoms with van der Waals surface area (Å²) < 4.78 is 10.5. The van der Waals surface area contributed by atoms with E-state index in [-0.39, 0.29) is 30.1 Å². The van der Waals surface area contributed by atoms with E-state index >= 15 is 0 Å². The van der Waals surface area contributed by atoms with E-state index in [1.807, 2.05) is 30.6 Å². The van der Waals surface area contributed by atoms with Gasteiger partial charge in [0.05, 0.1) is 0 Å². The van der Waals surface area contributed by atoms with E-state index in [4.69, 9.17) is 9.47 Å². The average Bonchev–Trinajstić information content (AvgIpc) is 2.44. The molecule has 0 N–H and O–H groups in total. The second-order valence-electron chi connectivity index (χ2n) is 8.69. The summed E-state index contributed by atoms with van der Waals surface area (Å²) in [7, 11) is 1.54. The van der Waals surface area contributed by atoms with Crippen molar-refractivity contribution in [2.75, 3.05) is 33.4 Å². The van der Waals surface area contributed by atoms with Gasteiger partial charge in [0, 0.05) is 38.2 Å². The predicted octanol–water partition coefficient (Wildman–Crippen LogP) is 2.52. The summed E-state index contributed by atoms with van der Waals surface area (Å²) in [5.41, 5.74) is -0.377. The molecule has 0 aliphatic carbocycles. The Morgan fingerprint density at radius 3 is 2.21 bits per heavy atom. The average molecular weight is 340 g/mol. The maximum atomic E-state index is 12.5. The zero-order valence-electron chi connectivity index (χ0n) is 15.9. The van der Waals surface area contributed by atoms with Gasteiger partial charge in [-0.1, -0.05) is 13.8 Å². The Labute approximate surface area is 145 Å². The van der Waals surface area contributed by atoms with Gasteiger partial charge in [0.2, 0.25) is 5.91 Å². The van der Waals surface area contributed by atoms with Crippen molar-refractivity contribution in [2.24, 2.45) is 11.3 Å². The van der Waals surface area contributed by atoms with Crippen LogP contribution in [-0.4, -0.2) is 66.8 Å². The molecule has 0 bridgehead atoms. The molecule has 2 saturated heterocycles. The second-order valence-corrected chi connectivity index (χ2v) is 8.69. The van der Waals surface area contributed by atoms with E-state index in [1.54, 1.807) is 7.11 Å². The number of hydrogen-bond acceptors (Lipinski definition) is 4. The number of likely N-dealkylation sites (tertiary alicyclic amines) is 2. The summed E-state index contributed by atoms with van der Waals surface area (Å²) in [4.78, 5) is 28.1. The standard InChI is InChI=1S/C18H32N2O4/c1-17(2,3)24-16(22)20-12-18(4,5)15(20)13-7-9-19(10-8-13)14(21)11-23-6/h13,15H,7-12H2,1-6H3/t15-/m1/s1. The zero-order chi connectivity index (χ0) is 18.1. The number of amides is 2. The quantitative estimate of drug-likeness (QED) is 0.792. The lowest BCUT2D eigenvalue weighted by Gasteiger charge is -2.58. The third-order valence-corrected chi connectivity index (χ3v) is 4.95. The molecule has 0 aromatic carbocycles. The molecule has 6 nitrogen and oxygen atoms in total. The van der Waals surface area contributed by atoms with E-state index < -0.39 is 5.60 Å². The summed E-state index contributed by atoms with van der Waals surface area (Å²) >= 11 is 0. The Hall–Kier alpha value is -1.30. The molecule has 2 amide bonds. The highest BCUT2D eigenvalue weighted by Crippen LogP contribution is 2.45. The number of nitrogens with zero attached hydrogens (tertiary/aromatic N) is 2. The van der Waals surface area contributed by atoms with Crippen LogP contribution in [0.2, 0.25) is 0 Å².